The molecule has 0 bridgehead atoms. The van der Waals surface area contributed by atoms with Gasteiger partial charge in [-0.15, -0.1) is 0 Å². The normalized spacial score (nSPS) is 12.6. The first kappa shape index (κ1) is 23.2. The molecule has 0 aliphatic heterocycles. The number of carbonyl (C=O) groups excluding carboxylic acids is 1. The van der Waals surface area contributed by atoms with Crippen molar-refractivity contribution in [2.75, 3.05) is 20.8 Å². The van der Waals surface area contributed by atoms with Crippen LogP contribution in [0.3, 0.4) is 0 Å². The molecule has 4 aromatic rings. The van der Waals surface area contributed by atoms with Crippen LogP contribution in [-0.4, -0.2) is 42.6 Å². The van der Waals surface area contributed by atoms with Crippen LogP contribution in [0.1, 0.15) is 39.5 Å². The zero-order chi connectivity index (χ0) is 24.1. The number of aromatic amines is 1. The molecular weight excluding hydrogens is 430 g/mol. The van der Waals surface area contributed by atoms with E-state index < -0.39 is 5.97 Å². The molecule has 0 fully saturated rings. The third-order valence-corrected chi connectivity index (χ3v) is 5.68. The number of esters is 1. The highest BCUT2D eigenvalue weighted by Gasteiger charge is 2.20. The summed E-state index contributed by atoms with van der Waals surface area (Å²) in [5.41, 5.74) is 11.0. The summed E-state index contributed by atoms with van der Waals surface area (Å²) >= 11 is 0. The van der Waals surface area contributed by atoms with E-state index >= 15 is 0 Å². The molecular formula is C27H27N3O4. The summed E-state index contributed by atoms with van der Waals surface area (Å²) in [5.74, 6) is -0.476. The fourth-order valence-corrected chi connectivity index (χ4v) is 3.87. The Morgan fingerprint density at radius 2 is 1.76 bits per heavy atom. The van der Waals surface area contributed by atoms with Gasteiger partial charge in [0, 0.05) is 36.2 Å². The topological polar surface area (TPSA) is 110 Å². The van der Waals surface area contributed by atoms with Gasteiger partial charge >= 0.3 is 5.97 Å². The Balaban J connectivity index is 1.79. The number of aliphatic imine (C=N–C) groups is 1. The first-order chi connectivity index (χ1) is 16.5. The number of H-pyrrole nitrogens is 1. The quantitative estimate of drug-likeness (QED) is 0.258. The number of ether oxygens (including phenoxy) is 2. The minimum atomic E-state index is -0.446. The molecule has 4 rings (SSSR count). The van der Waals surface area contributed by atoms with Crippen LogP contribution >= 0.6 is 0 Å². The maximum absolute atomic E-state index is 11.9. The number of nitrogens with zero attached hydrogens (tertiary/aromatic N) is 1. The van der Waals surface area contributed by atoms with Crippen molar-refractivity contribution in [3.05, 3.63) is 95.1 Å². The van der Waals surface area contributed by atoms with E-state index in [1.807, 2.05) is 54.6 Å². The van der Waals surface area contributed by atoms with E-state index in [1.54, 1.807) is 25.3 Å². The molecule has 7 nitrogen and oxygen atoms in total. The summed E-state index contributed by atoms with van der Waals surface area (Å²) in [4.78, 5) is 19.8. The van der Waals surface area contributed by atoms with Gasteiger partial charge in [0.05, 0.1) is 29.6 Å². The first-order valence-corrected chi connectivity index (χ1v) is 10.9. The lowest BCUT2D eigenvalue weighted by molar-refractivity contribution is 0.0601. The highest BCUT2D eigenvalue weighted by atomic mass is 16.5. The van der Waals surface area contributed by atoms with Gasteiger partial charge in [0.1, 0.15) is 0 Å². The van der Waals surface area contributed by atoms with E-state index in [2.05, 4.69) is 4.98 Å². The molecule has 1 aromatic heterocycles. The number of nitrogens with two attached hydrogens (primary N) is 1. The lowest BCUT2D eigenvalue weighted by Gasteiger charge is -2.12. The largest absolute Gasteiger partial charge is 0.494 e. The van der Waals surface area contributed by atoms with Crippen molar-refractivity contribution in [1.82, 2.24) is 4.98 Å². The number of benzene rings is 3. The summed E-state index contributed by atoms with van der Waals surface area (Å²) in [6.07, 6.45) is 0.727. The van der Waals surface area contributed by atoms with Gasteiger partial charge in [-0.3, -0.25) is 0 Å². The van der Waals surface area contributed by atoms with Crippen molar-refractivity contribution in [2.45, 2.75) is 12.5 Å². The van der Waals surface area contributed by atoms with Crippen LogP contribution in [0, 0.1) is 0 Å². The molecule has 1 heterocycles. The lowest BCUT2D eigenvalue weighted by Crippen LogP contribution is -2.12. The second kappa shape index (κ2) is 10.3. The number of hydrogen-bond acceptors (Lipinski definition) is 6. The number of nitrogens with one attached hydrogen (secondary N) is 1. The van der Waals surface area contributed by atoms with Crippen molar-refractivity contribution >= 4 is 28.3 Å². The highest BCUT2D eigenvalue weighted by molar-refractivity contribution is 6.22. The number of methoxy groups -OCH3 is 2. The van der Waals surface area contributed by atoms with E-state index in [9.17, 15) is 9.90 Å². The van der Waals surface area contributed by atoms with Crippen LogP contribution in [0.4, 0.5) is 5.69 Å². The Morgan fingerprint density at radius 3 is 2.44 bits per heavy atom. The Hall–Kier alpha value is -3.94. The van der Waals surface area contributed by atoms with Gasteiger partial charge in [0.25, 0.3) is 0 Å². The Bertz CT molecular complexity index is 1310. The minimum Gasteiger partial charge on any atom is -0.494 e. The summed E-state index contributed by atoms with van der Waals surface area (Å²) < 4.78 is 9.93. The van der Waals surface area contributed by atoms with Crippen LogP contribution in [0.5, 0.6) is 5.88 Å². The number of rotatable bonds is 8. The molecule has 0 radical (unpaired) electrons. The number of aromatic nitrogens is 1. The van der Waals surface area contributed by atoms with E-state index in [-0.39, 0.29) is 11.9 Å². The number of carbonyl (C=O) groups is 1. The Kier molecular flexibility index (Phi) is 7.06. The molecule has 0 amide bonds. The molecule has 0 spiro atoms. The third-order valence-electron chi connectivity index (χ3n) is 5.68. The van der Waals surface area contributed by atoms with Gasteiger partial charge in [-0.25, -0.2) is 9.79 Å². The van der Waals surface area contributed by atoms with Crippen LogP contribution in [0.25, 0.3) is 10.9 Å². The molecule has 0 aliphatic rings. The molecule has 1 unspecified atom stereocenters. The van der Waals surface area contributed by atoms with Crippen LogP contribution in [-0.2, 0) is 9.47 Å². The molecule has 34 heavy (non-hydrogen) atoms. The fraction of sp³-hybridized carbons (Fsp3) is 0.185. The van der Waals surface area contributed by atoms with Crippen LogP contribution in [0.15, 0.2) is 77.8 Å². The second-order valence-electron chi connectivity index (χ2n) is 7.91. The van der Waals surface area contributed by atoms with Gasteiger partial charge in [-0.2, -0.15) is 0 Å². The average molecular weight is 458 g/mol. The molecule has 0 saturated carbocycles. The zero-order valence-electron chi connectivity index (χ0n) is 19.1. The van der Waals surface area contributed by atoms with Gasteiger partial charge in [-0.05, 0) is 36.2 Å². The smallest absolute Gasteiger partial charge is 0.337 e. The number of aromatic hydroxyl groups is 1. The third kappa shape index (κ3) is 4.85. The van der Waals surface area contributed by atoms with Crippen LogP contribution in [0.2, 0.25) is 0 Å². The molecule has 3 aromatic carbocycles. The monoisotopic (exact) mass is 457 g/mol. The molecule has 174 valence electrons. The number of hydrogen-bond donors (Lipinski definition) is 3. The van der Waals surface area contributed by atoms with E-state index in [4.69, 9.17) is 20.2 Å². The van der Waals surface area contributed by atoms with Gasteiger partial charge in [-0.1, -0.05) is 48.5 Å². The van der Waals surface area contributed by atoms with Crippen molar-refractivity contribution in [3.8, 4) is 5.88 Å². The van der Waals surface area contributed by atoms with Crippen LogP contribution < -0.4 is 5.73 Å². The van der Waals surface area contributed by atoms with Gasteiger partial charge < -0.3 is 25.3 Å². The zero-order valence-corrected chi connectivity index (χ0v) is 19.1. The van der Waals surface area contributed by atoms with Crippen molar-refractivity contribution in [1.29, 1.82) is 0 Å². The molecule has 4 N–H and O–H groups in total. The molecule has 1 atom stereocenters. The van der Waals surface area contributed by atoms with E-state index in [1.165, 1.54) is 7.11 Å². The van der Waals surface area contributed by atoms with E-state index in [0.717, 1.165) is 28.6 Å². The summed E-state index contributed by atoms with van der Waals surface area (Å²) in [5, 5.41) is 11.6. The van der Waals surface area contributed by atoms with E-state index in [0.29, 0.717) is 29.0 Å². The molecule has 0 saturated heterocycles. The SMILES string of the molecule is COCCC(N)c1ccc(N=C(c2ccccc2)c2c(O)[nH]c3cc(C(=O)OC)ccc23)cc1. The molecule has 7 heteroatoms. The Morgan fingerprint density at radius 1 is 1.03 bits per heavy atom. The van der Waals surface area contributed by atoms with Gasteiger partial charge in [0.15, 0.2) is 5.88 Å². The minimum absolute atomic E-state index is 0.0298. The summed E-state index contributed by atoms with van der Waals surface area (Å²) in [7, 11) is 2.99. The van der Waals surface area contributed by atoms with Gasteiger partial charge in [0.2, 0.25) is 0 Å². The molecule has 0 aliphatic carbocycles. The average Bonchev–Trinajstić information content (AvgIpc) is 3.20. The van der Waals surface area contributed by atoms with Crippen molar-refractivity contribution in [3.63, 3.8) is 0 Å². The number of fused-ring (bicyclic) bond motifs is 1. The second-order valence-corrected chi connectivity index (χ2v) is 7.91. The fourth-order valence-electron chi connectivity index (χ4n) is 3.87. The summed E-state index contributed by atoms with van der Waals surface area (Å²) in [6, 6.07) is 22.4. The Labute approximate surface area is 197 Å². The predicted octanol–water partition coefficient (Wildman–Crippen LogP) is 4.87. The maximum atomic E-state index is 11.9. The predicted molar refractivity (Wildman–Crippen MR) is 133 cm³/mol. The first-order valence-electron chi connectivity index (χ1n) is 10.9. The summed E-state index contributed by atoms with van der Waals surface area (Å²) in [6.45, 7) is 0.594. The standard InChI is InChI=1S/C27H27N3O4/c1-33-15-14-22(28)17-8-11-20(12-9-17)29-25(18-6-4-3-5-7-18)24-21-13-10-19(27(32)34-2)16-23(21)30-26(24)31/h3-13,16,22,30-31H,14-15,28H2,1-2H3. The lowest BCUT2D eigenvalue weighted by atomic mass is 10.00. The van der Waals surface area contributed by atoms with Crippen molar-refractivity contribution < 1.29 is 19.4 Å². The highest BCUT2D eigenvalue weighted by Crippen LogP contribution is 2.32. The van der Waals surface area contributed by atoms with Crippen molar-refractivity contribution in [2.24, 2.45) is 10.7 Å². The maximum Gasteiger partial charge on any atom is 0.337 e.